The number of nitro benzene ring substituents is 2. The third-order valence-electron chi connectivity index (χ3n) is 2.55. The molecule has 0 heterocycles. The summed E-state index contributed by atoms with van der Waals surface area (Å²) in [5.74, 6) is 0.0148. The van der Waals surface area contributed by atoms with Crippen LogP contribution >= 0.6 is 0 Å². The maximum atomic E-state index is 11.0. The molecule has 21 heavy (non-hydrogen) atoms. The first-order chi connectivity index (χ1) is 9.97. The molecule has 116 valence electrons. The zero-order valence-corrected chi connectivity index (χ0v) is 11.7. The summed E-state index contributed by atoms with van der Waals surface area (Å²) >= 11 is 0. The summed E-state index contributed by atoms with van der Waals surface area (Å²) in [4.78, 5) is 20.3. The van der Waals surface area contributed by atoms with Gasteiger partial charge in [0, 0.05) is 18.7 Å². The largest absolute Gasteiger partial charge is 0.484 e. The van der Waals surface area contributed by atoms with Crippen LogP contribution in [0.1, 0.15) is 5.56 Å². The molecule has 0 amide bonds. The number of aryl methyl sites for hydroxylation is 1. The molecule has 1 aromatic rings. The molecule has 0 N–H and O–H groups in total. The summed E-state index contributed by atoms with van der Waals surface area (Å²) in [5.41, 5.74) is -0.450. The lowest BCUT2D eigenvalue weighted by molar-refractivity contribution is -0.394. The molecule has 0 radical (unpaired) electrons. The molecular formula is C12H16N2O7. The molecule has 0 bridgehead atoms. The molecule has 0 atom stereocenters. The predicted molar refractivity (Wildman–Crippen MR) is 72.7 cm³/mol. The lowest BCUT2D eigenvalue weighted by Gasteiger charge is -2.10. The molecule has 0 aliphatic carbocycles. The normalized spacial score (nSPS) is 10.4. The van der Waals surface area contributed by atoms with Gasteiger partial charge in [-0.1, -0.05) is 0 Å². The van der Waals surface area contributed by atoms with Crippen LogP contribution in [0.25, 0.3) is 0 Å². The van der Waals surface area contributed by atoms with Gasteiger partial charge in [0.15, 0.2) is 0 Å². The molecule has 0 aliphatic rings. The average molecular weight is 300 g/mol. The molecule has 0 fully saturated rings. The zero-order valence-electron chi connectivity index (χ0n) is 11.7. The van der Waals surface area contributed by atoms with E-state index < -0.39 is 15.5 Å². The van der Waals surface area contributed by atoms with Gasteiger partial charge in [0.1, 0.15) is 6.61 Å². The highest BCUT2D eigenvalue weighted by molar-refractivity contribution is 5.58. The van der Waals surface area contributed by atoms with Crippen molar-refractivity contribution in [3.63, 3.8) is 0 Å². The molecule has 1 aromatic carbocycles. The van der Waals surface area contributed by atoms with Gasteiger partial charge in [0.2, 0.25) is 5.75 Å². The standard InChI is InChI=1S/C12H16N2O7/c1-9-7-10(13(15)16)8-11(14(17)18)12(9)21-6-5-20-4-3-19-2/h7-8H,3-6H2,1-2H3. The van der Waals surface area contributed by atoms with Crippen LogP contribution in [-0.2, 0) is 9.47 Å². The Morgan fingerprint density at radius 3 is 2.29 bits per heavy atom. The number of nitrogens with zero attached hydrogens (tertiary/aromatic N) is 2. The summed E-state index contributed by atoms with van der Waals surface area (Å²) in [5, 5.41) is 21.7. The number of non-ortho nitro benzene ring substituents is 1. The van der Waals surface area contributed by atoms with Crippen LogP contribution in [0.2, 0.25) is 0 Å². The van der Waals surface area contributed by atoms with E-state index in [1.165, 1.54) is 13.0 Å². The lowest BCUT2D eigenvalue weighted by atomic mass is 10.1. The fourth-order valence-electron chi connectivity index (χ4n) is 1.61. The number of benzene rings is 1. The second-order valence-electron chi connectivity index (χ2n) is 4.08. The van der Waals surface area contributed by atoms with Crippen molar-refractivity contribution < 1.29 is 24.1 Å². The molecule has 1 rings (SSSR count). The fraction of sp³-hybridized carbons (Fsp3) is 0.500. The number of nitro groups is 2. The van der Waals surface area contributed by atoms with Gasteiger partial charge in [-0.05, 0) is 6.92 Å². The van der Waals surface area contributed by atoms with Crippen LogP contribution < -0.4 is 4.74 Å². The maximum absolute atomic E-state index is 11.0. The van der Waals surface area contributed by atoms with Crippen molar-refractivity contribution in [2.45, 2.75) is 6.92 Å². The Morgan fingerprint density at radius 1 is 1.05 bits per heavy atom. The van der Waals surface area contributed by atoms with Crippen LogP contribution in [-0.4, -0.2) is 43.4 Å². The molecule has 9 heteroatoms. The van der Waals surface area contributed by atoms with E-state index in [0.29, 0.717) is 18.8 Å². The first kappa shape index (κ1) is 16.8. The van der Waals surface area contributed by atoms with Crippen molar-refractivity contribution >= 4 is 11.4 Å². The van der Waals surface area contributed by atoms with E-state index in [-0.39, 0.29) is 24.7 Å². The lowest BCUT2D eigenvalue weighted by Crippen LogP contribution is -2.11. The minimum atomic E-state index is -0.707. The SMILES string of the molecule is COCCOCCOc1c(C)cc([N+](=O)[O-])cc1[N+](=O)[O-]. The summed E-state index contributed by atoms with van der Waals surface area (Å²) in [6, 6.07) is 2.11. The number of methoxy groups -OCH3 is 1. The quantitative estimate of drug-likeness (QED) is 0.388. The molecule has 0 aliphatic heterocycles. The molecular weight excluding hydrogens is 284 g/mol. The van der Waals surface area contributed by atoms with Crippen LogP contribution in [0.5, 0.6) is 5.75 Å². The molecule has 0 saturated carbocycles. The van der Waals surface area contributed by atoms with Crippen LogP contribution in [0.4, 0.5) is 11.4 Å². The van der Waals surface area contributed by atoms with Crippen molar-refractivity contribution in [2.75, 3.05) is 33.5 Å². The highest BCUT2D eigenvalue weighted by atomic mass is 16.6. The number of ether oxygens (including phenoxy) is 3. The number of hydrogen-bond donors (Lipinski definition) is 0. The van der Waals surface area contributed by atoms with Gasteiger partial charge in [-0.15, -0.1) is 0 Å². The highest BCUT2D eigenvalue weighted by Crippen LogP contribution is 2.34. The molecule has 0 spiro atoms. The van der Waals surface area contributed by atoms with Crippen molar-refractivity contribution in [3.8, 4) is 5.75 Å². The van der Waals surface area contributed by atoms with E-state index >= 15 is 0 Å². The topological polar surface area (TPSA) is 114 Å². The van der Waals surface area contributed by atoms with Gasteiger partial charge in [-0.2, -0.15) is 0 Å². The first-order valence-corrected chi connectivity index (χ1v) is 6.10. The molecule has 0 unspecified atom stereocenters. The number of rotatable bonds is 9. The Balaban J connectivity index is 2.76. The van der Waals surface area contributed by atoms with E-state index in [4.69, 9.17) is 14.2 Å². The van der Waals surface area contributed by atoms with Crippen molar-refractivity contribution in [2.24, 2.45) is 0 Å². The Labute approximate surface area is 120 Å². The van der Waals surface area contributed by atoms with Gasteiger partial charge >= 0.3 is 5.69 Å². The smallest absolute Gasteiger partial charge is 0.318 e. The van der Waals surface area contributed by atoms with E-state index in [1.54, 1.807) is 7.11 Å². The van der Waals surface area contributed by atoms with Gasteiger partial charge in [0.05, 0.1) is 35.7 Å². The number of hydrogen-bond acceptors (Lipinski definition) is 7. The summed E-state index contributed by atoms with van der Waals surface area (Å²) in [6.07, 6.45) is 0. The third kappa shape index (κ3) is 4.97. The maximum Gasteiger partial charge on any atom is 0.318 e. The molecule has 0 aromatic heterocycles. The average Bonchev–Trinajstić information content (AvgIpc) is 2.43. The van der Waals surface area contributed by atoms with Gasteiger partial charge in [-0.3, -0.25) is 20.2 Å². The minimum absolute atomic E-state index is 0.0148. The second kappa shape index (κ2) is 8.12. The summed E-state index contributed by atoms with van der Waals surface area (Å²) < 4.78 is 15.3. The highest BCUT2D eigenvalue weighted by Gasteiger charge is 2.23. The van der Waals surface area contributed by atoms with Crippen LogP contribution in [0, 0.1) is 27.2 Å². The summed E-state index contributed by atoms with van der Waals surface area (Å²) in [6.45, 7) is 2.68. The van der Waals surface area contributed by atoms with Gasteiger partial charge in [-0.25, -0.2) is 0 Å². The van der Waals surface area contributed by atoms with Crippen molar-refractivity contribution in [1.82, 2.24) is 0 Å². The third-order valence-corrected chi connectivity index (χ3v) is 2.55. The van der Waals surface area contributed by atoms with E-state index in [0.717, 1.165) is 6.07 Å². The summed E-state index contributed by atoms with van der Waals surface area (Å²) in [7, 11) is 1.55. The van der Waals surface area contributed by atoms with Crippen LogP contribution in [0.15, 0.2) is 12.1 Å². The van der Waals surface area contributed by atoms with Crippen molar-refractivity contribution in [3.05, 3.63) is 37.9 Å². The monoisotopic (exact) mass is 300 g/mol. The first-order valence-electron chi connectivity index (χ1n) is 6.10. The Bertz CT molecular complexity index is 519. The van der Waals surface area contributed by atoms with E-state index in [1.807, 2.05) is 0 Å². The minimum Gasteiger partial charge on any atom is -0.484 e. The fourth-order valence-corrected chi connectivity index (χ4v) is 1.61. The van der Waals surface area contributed by atoms with E-state index in [9.17, 15) is 20.2 Å². The Hall–Kier alpha value is -2.26. The van der Waals surface area contributed by atoms with Gasteiger partial charge in [0.25, 0.3) is 5.69 Å². The van der Waals surface area contributed by atoms with Crippen LogP contribution in [0.3, 0.4) is 0 Å². The van der Waals surface area contributed by atoms with E-state index in [2.05, 4.69) is 0 Å². The van der Waals surface area contributed by atoms with Crippen molar-refractivity contribution in [1.29, 1.82) is 0 Å². The predicted octanol–water partition coefficient (Wildman–Crippen LogP) is 1.85. The molecule has 0 saturated heterocycles. The Morgan fingerprint density at radius 2 is 1.71 bits per heavy atom. The van der Waals surface area contributed by atoms with Gasteiger partial charge < -0.3 is 14.2 Å². The Kier molecular flexibility index (Phi) is 6.50. The second-order valence-corrected chi connectivity index (χ2v) is 4.08. The molecule has 9 nitrogen and oxygen atoms in total. The zero-order chi connectivity index (χ0) is 15.8.